The molecule has 4 N–H and O–H groups in total. The molecule has 1 fully saturated rings. The quantitative estimate of drug-likeness (QED) is 0.0522. The maximum absolute atomic E-state index is 14.9. The highest BCUT2D eigenvalue weighted by molar-refractivity contribution is 7.52. The number of carbonyl (C=O) groups excluding carboxylic acids is 2. The first-order valence-corrected chi connectivity index (χ1v) is 22.6. The number of nitrogens with zero attached hydrogens (tertiary/aromatic N) is 4. The summed E-state index contributed by atoms with van der Waals surface area (Å²) in [5.74, 6) is -0.935. The third-order valence-corrected chi connectivity index (χ3v) is 12.7. The van der Waals surface area contributed by atoms with Crippen LogP contribution in [0.25, 0.3) is 11.2 Å². The minimum atomic E-state index is -4.49. The van der Waals surface area contributed by atoms with Crippen LogP contribution in [0.15, 0.2) is 134 Å². The van der Waals surface area contributed by atoms with Crippen molar-refractivity contribution in [2.45, 2.75) is 64.0 Å². The predicted octanol–water partition coefficient (Wildman–Crippen LogP) is 6.92. The zero-order valence-electron chi connectivity index (χ0n) is 33.7. The van der Waals surface area contributed by atoms with Crippen LogP contribution in [-0.4, -0.2) is 62.4 Å². The van der Waals surface area contributed by atoms with Gasteiger partial charge in [-0.15, -0.1) is 0 Å². The maximum Gasteiger partial charge on any atom is 0.459 e. The Morgan fingerprint density at radius 1 is 0.742 bits per heavy atom. The first-order valence-electron chi connectivity index (χ1n) is 19.5. The number of nitrogens with one attached hydrogen (secondary N) is 2. The van der Waals surface area contributed by atoms with Gasteiger partial charge in [-0.25, -0.2) is 24.1 Å². The number of imidazole rings is 1. The Morgan fingerprint density at radius 3 is 1.79 bits per heavy atom. The van der Waals surface area contributed by atoms with E-state index in [9.17, 15) is 18.7 Å². The third-order valence-electron chi connectivity index (χ3n) is 9.31. The van der Waals surface area contributed by atoms with Gasteiger partial charge in [0.15, 0.2) is 17.7 Å². The number of hydrogen-bond acceptors (Lipinski definition) is 15. The first-order chi connectivity index (χ1) is 30.0. The number of nitrogens with two attached hydrogens (primary N) is 1. The third kappa shape index (κ3) is 11.7. The van der Waals surface area contributed by atoms with Gasteiger partial charge in [-0.1, -0.05) is 97.1 Å². The Morgan fingerprint density at radius 2 is 1.24 bits per heavy atom. The Bertz CT molecular complexity index is 2510. The summed E-state index contributed by atoms with van der Waals surface area (Å²) in [6.07, 6.45) is -0.540. The highest BCUT2D eigenvalue weighted by atomic mass is 31.2. The van der Waals surface area contributed by atoms with Crippen molar-refractivity contribution >= 4 is 44.4 Å². The molecule has 2 aromatic heterocycles. The van der Waals surface area contributed by atoms with E-state index in [-0.39, 0.29) is 54.7 Å². The molecule has 0 bridgehead atoms. The van der Waals surface area contributed by atoms with Gasteiger partial charge >= 0.3 is 27.4 Å². The van der Waals surface area contributed by atoms with Gasteiger partial charge in [0.2, 0.25) is 0 Å². The molecular formula is C42H45N7O11P2. The fourth-order valence-corrected chi connectivity index (χ4v) is 9.48. The number of hydrogen-bond donors (Lipinski definition) is 3. The van der Waals surface area contributed by atoms with Crippen LogP contribution in [0.1, 0.15) is 37.6 Å². The van der Waals surface area contributed by atoms with Gasteiger partial charge in [-0.2, -0.15) is 10.2 Å². The summed E-state index contributed by atoms with van der Waals surface area (Å²) in [6, 6.07) is 32.4. The van der Waals surface area contributed by atoms with Crippen molar-refractivity contribution in [3.8, 4) is 11.5 Å². The highest BCUT2D eigenvalue weighted by Gasteiger charge is 2.46. The lowest BCUT2D eigenvalue weighted by molar-refractivity contribution is -0.147. The van der Waals surface area contributed by atoms with E-state index in [2.05, 4.69) is 25.1 Å². The molecule has 62 heavy (non-hydrogen) atoms. The van der Waals surface area contributed by atoms with E-state index in [1.54, 1.807) is 72.8 Å². The molecule has 0 amide bonds. The van der Waals surface area contributed by atoms with E-state index in [1.807, 2.05) is 48.5 Å². The lowest BCUT2D eigenvalue weighted by atomic mass is 10.2. The smallest absolute Gasteiger partial charge is 0.459 e. The molecule has 1 aliphatic heterocycles. The van der Waals surface area contributed by atoms with Crippen molar-refractivity contribution in [1.29, 1.82) is 0 Å². The lowest BCUT2D eigenvalue weighted by Gasteiger charge is -2.27. The van der Waals surface area contributed by atoms with Crippen molar-refractivity contribution in [3.05, 3.63) is 145 Å². The van der Waals surface area contributed by atoms with E-state index in [1.165, 1.54) is 31.1 Å². The summed E-state index contributed by atoms with van der Waals surface area (Å²) in [6.45, 7) is 2.53. The lowest BCUT2D eigenvalue weighted by Crippen LogP contribution is -2.36. The second-order valence-electron chi connectivity index (χ2n) is 14.1. The number of benzene rings is 4. The van der Waals surface area contributed by atoms with Gasteiger partial charge in [-0.05, 0) is 49.2 Å². The molecule has 3 heterocycles. The second kappa shape index (κ2) is 20.3. The number of ether oxygens (including phenoxy) is 3. The summed E-state index contributed by atoms with van der Waals surface area (Å²) in [7, 11) is -8.86. The number of anilines is 1. The number of rotatable bonds is 20. The van der Waals surface area contributed by atoms with Crippen LogP contribution in [0.2, 0.25) is 0 Å². The van der Waals surface area contributed by atoms with E-state index >= 15 is 0 Å². The zero-order valence-corrected chi connectivity index (χ0v) is 35.5. The predicted molar refractivity (Wildman–Crippen MR) is 226 cm³/mol. The molecule has 0 spiro atoms. The maximum atomic E-state index is 14.9. The monoisotopic (exact) mass is 885 g/mol. The Kier molecular flexibility index (Phi) is 14.4. The number of fused-ring (bicyclic) bond motifs is 1. The fraction of sp³-hybridized carbons (Fsp3) is 0.262. The molecule has 0 aliphatic carbocycles. The Balaban J connectivity index is 1.12. The minimum absolute atomic E-state index is 0.00502. The second-order valence-corrected chi connectivity index (χ2v) is 17.4. The molecule has 20 heteroatoms. The molecule has 0 radical (unpaired) electrons. The zero-order chi connectivity index (χ0) is 43.5. The summed E-state index contributed by atoms with van der Waals surface area (Å²) in [4.78, 5) is 39.0. The van der Waals surface area contributed by atoms with Crippen LogP contribution in [0, 0.1) is 0 Å². The molecule has 1 aliphatic rings. The standard InChI is InChI=1S/C42H45N7O11P2/c1-29(41(50)54-24-31-15-7-3-8-16-31)47-61(52,58-33-19-11-5-12-20-33)56-26-35-23-36(40(57-35)49-28-46-37-38(43)44-27-45-39(37)49)60-62(53,59-34-21-13-6-14-22-34)48-30(2)42(51)55-25-32-17-9-4-10-18-32/h3-22,27-30,35-36,40H,23-26H2,1-2H3,(H,47,52)(H,48,53)(H2,43,44,45)/t29?,30?,35-,36+,40+,61?,62?/m0/s1. The van der Waals surface area contributed by atoms with Crippen LogP contribution in [0.3, 0.4) is 0 Å². The van der Waals surface area contributed by atoms with Gasteiger partial charge in [0.1, 0.15) is 54.7 Å². The molecule has 0 saturated carbocycles. The highest BCUT2D eigenvalue weighted by Crippen LogP contribution is 2.51. The Labute approximate surface area is 357 Å². The van der Waals surface area contributed by atoms with Gasteiger partial charge in [0.25, 0.3) is 0 Å². The van der Waals surface area contributed by atoms with Crippen LogP contribution < -0.4 is 25.0 Å². The van der Waals surface area contributed by atoms with Crippen LogP contribution in [-0.2, 0) is 55.2 Å². The van der Waals surface area contributed by atoms with E-state index < -0.39 is 58.0 Å². The van der Waals surface area contributed by atoms with Crippen molar-refractivity contribution in [3.63, 3.8) is 0 Å². The molecule has 18 nitrogen and oxygen atoms in total. The average Bonchev–Trinajstić information content (AvgIpc) is 3.89. The largest absolute Gasteiger partial charge is 0.460 e. The Hall–Kier alpha value is -5.97. The van der Waals surface area contributed by atoms with E-state index in [4.69, 9.17) is 38.0 Å². The average molecular weight is 886 g/mol. The molecular weight excluding hydrogens is 840 g/mol. The van der Waals surface area contributed by atoms with E-state index in [0.717, 1.165) is 11.1 Å². The molecule has 324 valence electrons. The SMILES string of the molecule is CC(NP(=O)(OC[C@@H]1C[C@@H](OP(=O)(NC(C)C(=O)OCc2ccccc2)Oc2ccccc2)[C@H](n2cnc3c(N)ncnc32)O1)Oc1ccccc1)C(=O)OCc1ccccc1. The summed E-state index contributed by atoms with van der Waals surface area (Å²) < 4.78 is 72.5. The first kappa shape index (κ1) is 44.1. The normalized spacial score (nSPS) is 19.1. The van der Waals surface area contributed by atoms with Crippen LogP contribution in [0.4, 0.5) is 5.82 Å². The van der Waals surface area contributed by atoms with Crippen molar-refractivity contribution in [2.75, 3.05) is 12.3 Å². The number of aromatic nitrogens is 4. The van der Waals surface area contributed by atoms with Crippen molar-refractivity contribution in [2.24, 2.45) is 0 Å². The summed E-state index contributed by atoms with van der Waals surface area (Å²) in [5, 5.41) is 5.42. The van der Waals surface area contributed by atoms with Gasteiger partial charge in [-0.3, -0.25) is 23.2 Å². The van der Waals surface area contributed by atoms with Crippen molar-refractivity contribution in [1.82, 2.24) is 29.7 Å². The van der Waals surface area contributed by atoms with Crippen LogP contribution in [0.5, 0.6) is 11.5 Å². The number of carbonyl (C=O) groups is 2. The van der Waals surface area contributed by atoms with Crippen LogP contribution >= 0.6 is 15.5 Å². The summed E-state index contributed by atoms with van der Waals surface area (Å²) >= 11 is 0. The topological polar surface area (TPSA) is 227 Å². The molecule has 6 aromatic rings. The molecule has 7 atom stereocenters. The fourth-order valence-electron chi connectivity index (χ4n) is 6.27. The van der Waals surface area contributed by atoms with Crippen molar-refractivity contribution < 1.29 is 51.0 Å². The van der Waals surface area contributed by atoms with Gasteiger partial charge in [0.05, 0.1) is 19.0 Å². The number of para-hydroxylation sites is 2. The number of nitrogen functional groups attached to an aromatic ring is 1. The molecule has 1 saturated heterocycles. The van der Waals surface area contributed by atoms with Gasteiger partial charge in [0, 0.05) is 6.42 Å². The summed E-state index contributed by atoms with van der Waals surface area (Å²) in [5.41, 5.74) is 8.17. The minimum Gasteiger partial charge on any atom is -0.460 e. The molecule has 7 rings (SSSR count). The number of esters is 2. The molecule has 4 aromatic carbocycles. The van der Waals surface area contributed by atoms with Gasteiger partial charge < -0.3 is 29.0 Å². The molecule has 4 unspecified atom stereocenters. The van der Waals surface area contributed by atoms with E-state index in [0.29, 0.717) is 0 Å².